The quantitative estimate of drug-likeness (QED) is 0.325. The SMILES string of the molecule is CCCCCCCCN1NC(c2cccc([N+](=O)[O-])c2)C(=O)C1=O. The molecule has 1 aliphatic heterocycles. The Labute approximate surface area is 141 Å². The Bertz CT molecular complexity index is 618. The molecule has 1 aliphatic rings. The fourth-order valence-electron chi connectivity index (χ4n) is 2.79. The maximum atomic E-state index is 12.1. The Kier molecular flexibility index (Phi) is 6.43. The van der Waals surface area contributed by atoms with Crippen LogP contribution in [-0.2, 0) is 9.59 Å². The van der Waals surface area contributed by atoms with Crippen LogP contribution in [0, 0.1) is 10.1 Å². The summed E-state index contributed by atoms with van der Waals surface area (Å²) in [6.45, 7) is 2.63. The zero-order valence-electron chi connectivity index (χ0n) is 13.9. The van der Waals surface area contributed by atoms with Crippen LogP contribution in [0.1, 0.15) is 57.1 Å². The van der Waals surface area contributed by atoms with E-state index in [4.69, 9.17) is 0 Å². The predicted molar refractivity (Wildman–Crippen MR) is 89.1 cm³/mol. The van der Waals surface area contributed by atoms with E-state index < -0.39 is 22.7 Å². The van der Waals surface area contributed by atoms with Crippen LogP contribution in [0.2, 0.25) is 0 Å². The van der Waals surface area contributed by atoms with Crippen LogP contribution in [0.25, 0.3) is 0 Å². The molecule has 0 aliphatic carbocycles. The highest BCUT2D eigenvalue weighted by Gasteiger charge is 2.39. The van der Waals surface area contributed by atoms with E-state index in [1.54, 1.807) is 6.07 Å². The fraction of sp³-hybridized carbons (Fsp3) is 0.529. The predicted octanol–water partition coefficient (Wildman–Crippen LogP) is 2.91. The summed E-state index contributed by atoms with van der Waals surface area (Å²) in [6, 6.07) is 4.99. The number of unbranched alkanes of at least 4 members (excludes halogenated alkanes) is 5. The Morgan fingerprint density at radius 3 is 2.58 bits per heavy atom. The Morgan fingerprint density at radius 1 is 1.17 bits per heavy atom. The lowest BCUT2D eigenvalue weighted by Crippen LogP contribution is -2.36. The van der Waals surface area contributed by atoms with Gasteiger partial charge in [0.15, 0.2) is 0 Å². The molecule has 0 aromatic heterocycles. The van der Waals surface area contributed by atoms with Gasteiger partial charge >= 0.3 is 5.91 Å². The van der Waals surface area contributed by atoms with E-state index in [0.717, 1.165) is 19.3 Å². The van der Waals surface area contributed by atoms with Crippen molar-refractivity contribution in [1.82, 2.24) is 10.4 Å². The van der Waals surface area contributed by atoms with Crippen molar-refractivity contribution in [3.05, 3.63) is 39.9 Å². The van der Waals surface area contributed by atoms with Crippen LogP contribution in [0.3, 0.4) is 0 Å². The van der Waals surface area contributed by atoms with E-state index in [1.807, 2.05) is 0 Å². The maximum Gasteiger partial charge on any atom is 0.306 e. The normalized spacial score (nSPS) is 17.5. The van der Waals surface area contributed by atoms with Crippen LogP contribution in [0.15, 0.2) is 24.3 Å². The van der Waals surface area contributed by atoms with Crippen LogP contribution < -0.4 is 5.43 Å². The number of carbonyl (C=O) groups is 2. The van der Waals surface area contributed by atoms with Crippen LogP contribution in [0.5, 0.6) is 0 Å². The zero-order chi connectivity index (χ0) is 17.5. The summed E-state index contributed by atoms with van der Waals surface area (Å²) in [7, 11) is 0. The first-order valence-electron chi connectivity index (χ1n) is 8.40. The average Bonchev–Trinajstić information content (AvgIpc) is 2.86. The van der Waals surface area contributed by atoms with Crippen molar-refractivity contribution in [2.75, 3.05) is 6.54 Å². The highest BCUT2D eigenvalue weighted by atomic mass is 16.6. The number of Topliss-reactive ketones (excluding diaryl/α,β-unsaturated/α-hetero) is 1. The van der Waals surface area contributed by atoms with Crippen molar-refractivity contribution in [2.24, 2.45) is 0 Å². The second-order valence-corrected chi connectivity index (χ2v) is 6.00. The topological polar surface area (TPSA) is 92.5 Å². The van der Waals surface area contributed by atoms with Gasteiger partial charge in [0.25, 0.3) is 5.69 Å². The first-order valence-corrected chi connectivity index (χ1v) is 8.40. The number of rotatable bonds is 9. The minimum absolute atomic E-state index is 0.0936. The van der Waals surface area contributed by atoms with Crippen molar-refractivity contribution in [1.29, 1.82) is 0 Å². The van der Waals surface area contributed by atoms with Gasteiger partial charge in [0.1, 0.15) is 6.04 Å². The largest absolute Gasteiger partial charge is 0.306 e. The van der Waals surface area contributed by atoms with Gasteiger partial charge < -0.3 is 0 Å². The van der Waals surface area contributed by atoms with E-state index >= 15 is 0 Å². The Hall–Kier alpha value is -2.28. The molecule has 0 saturated carbocycles. The molecule has 2 rings (SSSR count). The van der Waals surface area contributed by atoms with Crippen molar-refractivity contribution in [3.63, 3.8) is 0 Å². The molecular formula is C17H23N3O4. The van der Waals surface area contributed by atoms with Crippen molar-refractivity contribution >= 4 is 17.4 Å². The van der Waals surface area contributed by atoms with Crippen molar-refractivity contribution < 1.29 is 14.5 Å². The van der Waals surface area contributed by atoms with Gasteiger partial charge in [-0.25, -0.2) is 5.43 Å². The van der Waals surface area contributed by atoms with E-state index in [1.165, 1.54) is 42.5 Å². The molecule has 1 atom stereocenters. The molecular weight excluding hydrogens is 310 g/mol. The number of hydrazine groups is 1. The Morgan fingerprint density at radius 2 is 1.88 bits per heavy atom. The number of nitro benzene ring substituents is 1. The molecule has 7 nitrogen and oxygen atoms in total. The molecule has 1 heterocycles. The maximum absolute atomic E-state index is 12.1. The summed E-state index contributed by atoms with van der Waals surface area (Å²) in [5, 5.41) is 12.2. The second kappa shape index (κ2) is 8.54. The summed E-state index contributed by atoms with van der Waals surface area (Å²) in [6.07, 6.45) is 6.56. The smallest absolute Gasteiger partial charge is 0.286 e. The molecule has 1 amide bonds. The van der Waals surface area contributed by atoms with E-state index in [-0.39, 0.29) is 5.69 Å². The molecule has 1 aromatic rings. The molecule has 1 fully saturated rings. The highest BCUT2D eigenvalue weighted by Crippen LogP contribution is 2.24. The number of nitrogens with one attached hydrogen (secondary N) is 1. The van der Waals surface area contributed by atoms with Crippen molar-refractivity contribution in [2.45, 2.75) is 51.5 Å². The summed E-state index contributed by atoms with van der Waals surface area (Å²) >= 11 is 0. The van der Waals surface area contributed by atoms with Gasteiger partial charge in [-0.1, -0.05) is 51.2 Å². The number of nitrogens with zero attached hydrogens (tertiary/aromatic N) is 2. The third kappa shape index (κ3) is 4.38. The lowest BCUT2D eigenvalue weighted by Gasteiger charge is -2.16. The third-order valence-corrected chi connectivity index (χ3v) is 4.15. The zero-order valence-corrected chi connectivity index (χ0v) is 13.9. The molecule has 0 spiro atoms. The number of hydrogen-bond donors (Lipinski definition) is 1. The first-order chi connectivity index (χ1) is 11.5. The average molecular weight is 333 g/mol. The van der Waals surface area contributed by atoms with Gasteiger partial charge in [-0.05, 0) is 12.0 Å². The van der Waals surface area contributed by atoms with Crippen molar-refractivity contribution in [3.8, 4) is 0 Å². The van der Waals surface area contributed by atoms with Gasteiger partial charge in [0.05, 0.1) is 4.92 Å². The van der Waals surface area contributed by atoms with Gasteiger partial charge in [-0.15, -0.1) is 0 Å². The number of carbonyl (C=O) groups excluding carboxylic acids is 2. The number of nitro groups is 1. The monoisotopic (exact) mass is 333 g/mol. The number of ketones is 1. The Balaban J connectivity index is 1.92. The molecule has 24 heavy (non-hydrogen) atoms. The number of non-ortho nitro benzene ring substituents is 1. The first kappa shape index (κ1) is 18.1. The molecule has 0 bridgehead atoms. The molecule has 0 radical (unpaired) electrons. The summed E-state index contributed by atoms with van der Waals surface area (Å²) in [4.78, 5) is 34.5. The van der Waals surface area contributed by atoms with Crippen LogP contribution >= 0.6 is 0 Å². The van der Waals surface area contributed by atoms with E-state index in [0.29, 0.717) is 12.1 Å². The minimum Gasteiger partial charge on any atom is -0.286 e. The van der Waals surface area contributed by atoms with Gasteiger partial charge in [-0.3, -0.25) is 24.7 Å². The van der Waals surface area contributed by atoms with E-state index in [9.17, 15) is 19.7 Å². The standard InChI is InChI=1S/C17H23N3O4/c1-2-3-4-5-6-7-11-19-17(22)16(21)15(18-19)13-9-8-10-14(12-13)20(23)24/h8-10,12,15,18H,2-7,11H2,1H3. The molecule has 1 unspecified atom stereocenters. The highest BCUT2D eigenvalue weighted by molar-refractivity contribution is 6.39. The molecule has 1 N–H and O–H groups in total. The fourth-order valence-corrected chi connectivity index (χ4v) is 2.79. The lowest BCUT2D eigenvalue weighted by atomic mass is 10.0. The van der Waals surface area contributed by atoms with E-state index in [2.05, 4.69) is 12.3 Å². The van der Waals surface area contributed by atoms with Crippen LogP contribution in [-0.4, -0.2) is 28.2 Å². The van der Waals surface area contributed by atoms with Gasteiger partial charge in [0.2, 0.25) is 5.78 Å². The molecule has 1 saturated heterocycles. The number of hydrogen-bond acceptors (Lipinski definition) is 5. The van der Waals surface area contributed by atoms with Gasteiger partial charge in [0, 0.05) is 18.7 Å². The molecule has 130 valence electrons. The summed E-state index contributed by atoms with van der Waals surface area (Å²) < 4.78 is 0. The molecule has 7 heteroatoms. The van der Waals surface area contributed by atoms with Crippen LogP contribution in [0.4, 0.5) is 5.69 Å². The number of amides is 1. The van der Waals surface area contributed by atoms with Gasteiger partial charge in [-0.2, -0.15) is 0 Å². The second-order valence-electron chi connectivity index (χ2n) is 6.00. The summed E-state index contributed by atoms with van der Waals surface area (Å²) in [5.41, 5.74) is 3.23. The minimum atomic E-state index is -0.836. The lowest BCUT2D eigenvalue weighted by molar-refractivity contribution is -0.384. The third-order valence-electron chi connectivity index (χ3n) is 4.15. The number of benzene rings is 1. The summed E-state index contributed by atoms with van der Waals surface area (Å²) in [5.74, 6) is -1.14. The molecule has 1 aromatic carbocycles.